The third-order valence-corrected chi connectivity index (χ3v) is 9.66. The van der Waals surface area contributed by atoms with Gasteiger partial charge in [-0.15, -0.1) is 6.58 Å². The van der Waals surface area contributed by atoms with E-state index in [4.69, 9.17) is 13.6 Å². The topological polar surface area (TPSA) is 61.8 Å². The van der Waals surface area contributed by atoms with Crippen molar-refractivity contribution in [3.63, 3.8) is 0 Å². The van der Waals surface area contributed by atoms with Crippen LogP contribution in [0.2, 0.25) is 0 Å². The van der Waals surface area contributed by atoms with Gasteiger partial charge in [-0.25, -0.2) is 0 Å². The molecule has 0 saturated carbocycles. The first-order valence-electron chi connectivity index (χ1n) is 8.49. The highest BCUT2D eigenvalue weighted by Crippen LogP contribution is 2.62. The van der Waals surface area contributed by atoms with E-state index < -0.39 is 15.0 Å². The summed E-state index contributed by atoms with van der Waals surface area (Å²) in [6, 6.07) is 0. The maximum atomic E-state index is 12.8. The monoisotopic (exact) mass is 368 g/mol. The van der Waals surface area contributed by atoms with Gasteiger partial charge >= 0.3 is 7.60 Å². The molecule has 0 aliphatic rings. The van der Waals surface area contributed by atoms with Crippen LogP contribution in [-0.2, 0) is 22.7 Å². The Morgan fingerprint density at radius 2 is 1.43 bits per heavy atom. The number of unbranched alkanes of at least 4 members (excludes halogenated alkanes) is 7. The van der Waals surface area contributed by atoms with Gasteiger partial charge in [-0.05, 0) is 26.2 Å². The summed E-state index contributed by atoms with van der Waals surface area (Å²) in [5.41, 5.74) is 0. The van der Waals surface area contributed by atoms with Gasteiger partial charge in [0.15, 0.2) is 0 Å². The van der Waals surface area contributed by atoms with Crippen LogP contribution in [0.4, 0.5) is 0 Å². The minimum Gasteiger partial charge on any atom is -0.328 e. The summed E-state index contributed by atoms with van der Waals surface area (Å²) in [6.45, 7) is 5.85. The van der Waals surface area contributed by atoms with E-state index in [9.17, 15) is 9.13 Å². The maximum Gasteiger partial charge on any atom is 0.339 e. The zero-order valence-electron chi connectivity index (χ0n) is 15.0. The predicted molar refractivity (Wildman–Crippen MR) is 97.7 cm³/mol. The molecule has 0 aromatic rings. The van der Waals surface area contributed by atoms with E-state index in [0.29, 0.717) is 12.8 Å². The number of hydrogen-bond donors (Lipinski definition) is 0. The molecule has 1 atom stereocenters. The molecule has 0 aliphatic heterocycles. The van der Waals surface area contributed by atoms with Crippen LogP contribution in [0, 0.1) is 0 Å². The van der Waals surface area contributed by atoms with Crippen LogP contribution < -0.4 is 0 Å². The quantitative estimate of drug-likeness (QED) is 0.188. The molecule has 0 N–H and O–H groups in total. The van der Waals surface area contributed by atoms with E-state index in [0.717, 1.165) is 25.7 Å². The minimum atomic E-state index is -3.31. The van der Waals surface area contributed by atoms with Crippen molar-refractivity contribution in [2.75, 3.05) is 32.9 Å². The van der Waals surface area contributed by atoms with Gasteiger partial charge in [-0.2, -0.15) is 0 Å². The largest absolute Gasteiger partial charge is 0.339 e. The van der Waals surface area contributed by atoms with Gasteiger partial charge in [-0.1, -0.05) is 38.2 Å². The SMILES string of the molecule is C=CCCCCCCCCCP(=O)(CP(=O)(OC)OC)OCC. The zero-order chi connectivity index (χ0) is 17.6. The summed E-state index contributed by atoms with van der Waals surface area (Å²) >= 11 is 0. The first kappa shape index (κ1) is 23.1. The summed E-state index contributed by atoms with van der Waals surface area (Å²) in [6.07, 6.45) is 11.4. The Morgan fingerprint density at radius 1 is 0.913 bits per heavy atom. The molecule has 0 radical (unpaired) electrons. The standard InChI is InChI=1S/C16H34O5P2/c1-5-7-8-9-10-11-12-13-14-15-22(17,21-6-2)16-23(18,19-3)20-4/h5H,1,6-16H2,2-4H3. The Labute approximate surface area is 142 Å². The van der Waals surface area contributed by atoms with Crippen molar-refractivity contribution in [1.29, 1.82) is 0 Å². The maximum absolute atomic E-state index is 12.8. The lowest BCUT2D eigenvalue weighted by atomic mass is 10.1. The van der Waals surface area contributed by atoms with E-state index in [2.05, 4.69) is 6.58 Å². The van der Waals surface area contributed by atoms with Crippen molar-refractivity contribution in [1.82, 2.24) is 0 Å². The second-order valence-corrected chi connectivity index (χ2v) is 11.0. The summed E-state index contributed by atoms with van der Waals surface area (Å²) in [4.78, 5) is 0. The molecule has 1 unspecified atom stereocenters. The molecule has 138 valence electrons. The van der Waals surface area contributed by atoms with E-state index in [1.807, 2.05) is 6.08 Å². The summed E-state index contributed by atoms with van der Waals surface area (Å²) in [7, 11) is -3.65. The van der Waals surface area contributed by atoms with E-state index >= 15 is 0 Å². The molecule has 0 aromatic heterocycles. The Morgan fingerprint density at radius 3 is 1.91 bits per heavy atom. The Hall–Kier alpha value is 0.0800. The van der Waals surface area contributed by atoms with E-state index in [1.165, 1.54) is 39.9 Å². The molecule has 23 heavy (non-hydrogen) atoms. The van der Waals surface area contributed by atoms with Crippen LogP contribution in [0.3, 0.4) is 0 Å². The molecule has 0 rings (SSSR count). The van der Waals surface area contributed by atoms with Gasteiger partial charge in [0.25, 0.3) is 0 Å². The molecule has 0 amide bonds. The second-order valence-electron chi connectivity index (χ2n) is 5.63. The first-order chi connectivity index (χ1) is 10.9. The summed E-state index contributed by atoms with van der Waals surface area (Å²) < 4.78 is 40.2. The highest BCUT2D eigenvalue weighted by atomic mass is 31.2. The fourth-order valence-corrected chi connectivity index (χ4v) is 7.77. The highest BCUT2D eigenvalue weighted by Gasteiger charge is 2.35. The van der Waals surface area contributed by atoms with Crippen molar-refractivity contribution in [3.8, 4) is 0 Å². The van der Waals surface area contributed by atoms with Crippen molar-refractivity contribution in [2.24, 2.45) is 0 Å². The molecule has 0 heterocycles. The normalized spacial score (nSPS) is 14.6. The van der Waals surface area contributed by atoms with Gasteiger partial charge in [0.05, 0.1) is 6.61 Å². The first-order valence-corrected chi connectivity index (χ1v) is 12.2. The molecule has 0 saturated heterocycles. The molecule has 7 heteroatoms. The van der Waals surface area contributed by atoms with E-state index in [1.54, 1.807) is 6.92 Å². The van der Waals surface area contributed by atoms with Crippen LogP contribution in [-0.4, -0.2) is 32.9 Å². The molecule has 0 fully saturated rings. The molecular formula is C16H34O5P2. The van der Waals surface area contributed by atoms with Crippen molar-refractivity contribution < 1.29 is 22.7 Å². The molecule has 0 aliphatic carbocycles. The van der Waals surface area contributed by atoms with Gasteiger partial charge in [-0.3, -0.25) is 9.13 Å². The van der Waals surface area contributed by atoms with Crippen LogP contribution >= 0.6 is 15.0 Å². The lowest BCUT2D eigenvalue weighted by molar-refractivity contribution is 0.276. The van der Waals surface area contributed by atoms with Crippen LogP contribution in [0.5, 0.6) is 0 Å². The second kappa shape index (κ2) is 13.4. The predicted octanol–water partition coefficient (Wildman–Crippen LogP) is 6.05. The van der Waals surface area contributed by atoms with Gasteiger partial charge in [0, 0.05) is 20.4 Å². The minimum absolute atomic E-state index is 0.137. The smallest absolute Gasteiger partial charge is 0.328 e. The number of hydrogen-bond acceptors (Lipinski definition) is 5. The number of rotatable bonds is 16. The van der Waals surface area contributed by atoms with Crippen molar-refractivity contribution >= 4 is 15.0 Å². The zero-order valence-corrected chi connectivity index (χ0v) is 16.8. The Kier molecular flexibility index (Phi) is 13.4. The average Bonchev–Trinajstić information content (AvgIpc) is 2.53. The van der Waals surface area contributed by atoms with E-state index in [-0.39, 0.29) is 5.90 Å². The third kappa shape index (κ3) is 11.3. The Bertz CT molecular complexity index is 390. The lowest BCUT2D eigenvalue weighted by Crippen LogP contribution is -2.03. The highest BCUT2D eigenvalue weighted by molar-refractivity contribution is 7.73. The van der Waals surface area contributed by atoms with Crippen LogP contribution in [0.1, 0.15) is 58.3 Å². The van der Waals surface area contributed by atoms with Crippen LogP contribution in [0.25, 0.3) is 0 Å². The van der Waals surface area contributed by atoms with Gasteiger partial charge in [0.1, 0.15) is 5.90 Å². The molecule has 5 nitrogen and oxygen atoms in total. The fourth-order valence-electron chi connectivity index (χ4n) is 2.39. The van der Waals surface area contributed by atoms with Crippen molar-refractivity contribution in [2.45, 2.75) is 58.3 Å². The molecule has 0 aromatic carbocycles. The fraction of sp³-hybridized carbons (Fsp3) is 0.875. The van der Waals surface area contributed by atoms with Gasteiger partial charge in [0.2, 0.25) is 7.37 Å². The van der Waals surface area contributed by atoms with Crippen molar-refractivity contribution in [3.05, 3.63) is 12.7 Å². The lowest BCUT2D eigenvalue weighted by Gasteiger charge is -2.21. The molecule has 0 bridgehead atoms. The van der Waals surface area contributed by atoms with Crippen LogP contribution in [0.15, 0.2) is 12.7 Å². The summed E-state index contributed by atoms with van der Waals surface area (Å²) in [5.74, 6) is -0.137. The molecular weight excluding hydrogens is 334 g/mol. The third-order valence-electron chi connectivity index (χ3n) is 3.72. The Balaban J connectivity index is 4.07. The van der Waals surface area contributed by atoms with Gasteiger partial charge < -0.3 is 13.6 Å². The molecule has 0 spiro atoms. The summed E-state index contributed by atoms with van der Waals surface area (Å²) in [5, 5.41) is 0. The number of allylic oxidation sites excluding steroid dienone is 1. The average molecular weight is 368 g/mol.